The average molecular weight is 245 g/mol. The molecule has 0 fully saturated rings. The van der Waals surface area contributed by atoms with Gasteiger partial charge in [0, 0.05) is 25.2 Å². The maximum Gasteiger partial charge on any atom is 0.123 e. The van der Waals surface area contributed by atoms with Gasteiger partial charge in [-0.25, -0.2) is 9.37 Å². The Balaban J connectivity index is 2.19. The summed E-state index contributed by atoms with van der Waals surface area (Å²) in [5.41, 5.74) is 4.34. The third-order valence-electron chi connectivity index (χ3n) is 3.45. The number of aromatic nitrogens is 2. The molecule has 0 bridgehead atoms. The minimum absolute atomic E-state index is 0.190. The van der Waals surface area contributed by atoms with E-state index in [-0.39, 0.29) is 5.82 Å². The van der Waals surface area contributed by atoms with Crippen LogP contribution in [0.4, 0.5) is 4.39 Å². The fraction of sp³-hybridized carbons (Fsp3) is 0.357. The standard InChI is InChI=1S/C14H16FN3/c1-9-7-11(15)3-4-13(9)18-10(2)17-12-8-16-6-5-14(12)18/h3-4,7,16H,5-6,8H2,1-2H3. The zero-order valence-electron chi connectivity index (χ0n) is 10.6. The smallest absolute Gasteiger partial charge is 0.123 e. The molecule has 0 amide bonds. The number of benzene rings is 1. The highest BCUT2D eigenvalue weighted by Gasteiger charge is 2.19. The first-order chi connectivity index (χ1) is 8.66. The molecule has 3 nitrogen and oxygen atoms in total. The molecule has 0 saturated carbocycles. The first-order valence-electron chi connectivity index (χ1n) is 6.21. The molecular formula is C14H16FN3. The lowest BCUT2D eigenvalue weighted by atomic mass is 10.1. The van der Waals surface area contributed by atoms with Crippen molar-refractivity contribution in [1.82, 2.24) is 14.9 Å². The van der Waals surface area contributed by atoms with Crippen molar-refractivity contribution in [2.24, 2.45) is 0 Å². The molecule has 3 rings (SSSR count). The lowest BCUT2D eigenvalue weighted by Crippen LogP contribution is -2.24. The second-order valence-corrected chi connectivity index (χ2v) is 4.75. The van der Waals surface area contributed by atoms with Gasteiger partial charge in [0.2, 0.25) is 0 Å². The SMILES string of the molecule is Cc1cc(F)ccc1-n1c(C)nc2c1CCNC2. The predicted octanol–water partition coefficient (Wildman–Crippen LogP) is 2.27. The second-order valence-electron chi connectivity index (χ2n) is 4.75. The second kappa shape index (κ2) is 4.21. The molecule has 0 aliphatic carbocycles. The molecule has 1 N–H and O–H groups in total. The summed E-state index contributed by atoms with van der Waals surface area (Å²) >= 11 is 0. The number of imidazole rings is 1. The quantitative estimate of drug-likeness (QED) is 0.835. The molecule has 2 aromatic rings. The maximum absolute atomic E-state index is 13.2. The summed E-state index contributed by atoms with van der Waals surface area (Å²) in [5, 5.41) is 3.32. The number of hydrogen-bond acceptors (Lipinski definition) is 2. The van der Waals surface area contributed by atoms with Gasteiger partial charge in [-0.3, -0.25) is 0 Å². The molecule has 1 aromatic carbocycles. The summed E-state index contributed by atoms with van der Waals surface area (Å²) in [6.45, 7) is 5.73. The Labute approximate surface area is 106 Å². The zero-order valence-corrected chi connectivity index (χ0v) is 10.6. The van der Waals surface area contributed by atoms with Gasteiger partial charge in [-0.15, -0.1) is 0 Å². The van der Waals surface area contributed by atoms with Crippen molar-refractivity contribution >= 4 is 0 Å². The summed E-state index contributed by atoms with van der Waals surface area (Å²) in [6, 6.07) is 4.92. The molecule has 1 aromatic heterocycles. The minimum Gasteiger partial charge on any atom is -0.311 e. The normalized spacial score (nSPS) is 14.6. The topological polar surface area (TPSA) is 29.9 Å². The van der Waals surface area contributed by atoms with E-state index >= 15 is 0 Å². The lowest BCUT2D eigenvalue weighted by Gasteiger charge is -2.17. The van der Waals surface area contributed by atoms with E-state index in [1.54, 1.807) is 6.07 Å². The molecule has 0 saturated heterocycles. The van der Waals surface area contributed by atoms with Gasteiger partial charge in [0.25, 0.3) is 0 Å². The van der Waals surface area contributed by atoms with Crippen molar-refractivity contribution in [3.8, 4) is 5.69 Å². The van der Waals surface area contributed by atoms with E-state index in [2.05, 4.69) is 14.9 Å². The van der Waals surface area contributed by atoms with E-state index < -0.39 is 0 Å². The third-order valence-corrected chi connectivity index (χ3v) is 3.45. The van der Waals surface area contributed by atoms with Crippen LogP contribution in [0.15, 0.2) is 18.2 Å². The minimum atomic E-state index is -0.190. The Morgan fingerprint density at radius 3 is 2.94 bits per heavy atom. The van der Waals surface area contributed by atoms with Crippen LogP contribution in [0.1, 0.15) is 22.8 Å². The van der Waals surface area contributed by atoms with Crippen molar-refractivity contribution in [3.05, 3.63) is 46.8 Å². The highest BCUT2D eigenvalue weighted by molar-refractivity contribution is 5.44. The Kier molecular flexibility index (Phi) is 2.67. The highest BCUT2D eigenvalue weighted by atomic mass is 19.1. The first kappa shape index (κ1) is 11.4. The summed E-state index contributed by atoms with van der Waals surface area (Å²) in [7, 11) is 0. The van der Waals surface area contributed by atoms with Gasteiger partial charge in [0.1, 0.15) is 11.6 Å². The number of fused-ring (bicyclic) bond motifs is 1. The van der Waals surface area contributed by atoms with Crippen LogP contribution in [-0.2, 0) is 13.0 Å². The Morgan fingerprint density at radius 2 is 2.17 bits per heavy atom. The summed E-state index contributed by atoms with van der Waals surface area (Å²) < 4.78 is 15.4. The molecule has 18 heavy (non-hydrogen) atoms. The Bertz CT molecular complexity index is 601. The van der Waals surface area contributed by atoms with Crippen LogP contribution < -0.4 is 5.32 Å². The van der Waals surface area contributed by atoms with Gasteiger partial charge in [0.05, 0.1) is 11.4 Å². The van der Waals surface area contributed by atoms with Crippen molar-refractivity contribution < 1.29 is 4.39 Å². The zero-order chi connectivity index (χ0) is 12.7. The Hall–Kier alpha value is -1.68. The van der Waals surface area contributed by atoms with E-state index in [1.807, 2.05) is 19.9 Å². The molecule has 2 heterocycles. The number of rotatable bonds is 1. The van der Waals surface area contributed by atoms with Gasteiger partial charge in [0.15, 0.2) is 0 Å². The Morgan fingerprint density at radius 1 is 1.33 bits per heavy atom. The van der Waals surface area contributed by atoms with Crippen LogP contribution in [0.2, 0.25) is 0 Å². The molecule has 1 aliphatic rings. The summed E-state index contributed by atoms with van der Waals surface area (Å²) in [6.07, 6.45) is 0.965. The third kappa shape index (κ3) is 1.73. The van der Waals surface area contributed by atoms with Crippen molar-refractivity contribution in [1.29, 1.82) is 0 Å². The molecular weight excluding hydrogens is 229 g/mol. The summed E-state index contributed by atoms with van der Waals surface area (Å²) in [4.78, 5) is 4.60. The first-order valence-corrected chi connectivity index (χ1v) is 6.21. The molecule has 1 aliphatic heterocycles. The highest BCUT2D eigenvalue weighted by Crippen LogP contribution is 2.23. The van der Waals surface area contributed by atoms with Gasteiger partial charge >= 0.3 is 0 Å². The van der Waals surface area contributed by atoms with E-state index in [9.17, 15) is 4.39 Å². The van der Waals surface area contributed by atoms with Crippen molar-refractivity contribution in [2.45, 2.75) is 26.8 Å². The fourth-order valence-electron chi connectivity index (χ4n) is 2.63. The van der Waals surface area contributed by atoms with Gasteiger partial charge in [-0.1, -0.05) is 0 Å². The number of halogens is 1. The van der Waals surface area contributed by atoms with E-state index in [0.717, 1.165) is 42.3 Å². The van der Waals surface area contributed by atoms with E-state index in [4.69, 9.17) is 0 Å². The summed E-state index contributed by atoms with van der Waals surface area (Å²) in [5.74, 6) is 0.781. The van der Waals surface area contributed by atoms with Crippen LogP contribution >= 0.6 is 0 Å². The molecule has 94 valence electrons. The van der Waals surface area contributed by atoms with Crippen molar-refractivity contribution in [3.63, 3.8) is 0 Å². The maximum atomic E-state index is 13.2. The van der Waals surface area contributed by atoms with Gasteiger partial charge in [-0.2, -0.15) is 0 Å². The van der Waals surface area contributed by atoms with Crippen LogP contribution in [0.3, 0.4) is 0 Å². The van der Waals surface area contributed by atoms with Crippen LogP contribution in [0.25, 0.3) is 5.69 Å². The van der Waals surface area contributed by atoms with Gasteiger partial charge in [-0.05, 0) is 37.6 Å². The van der Waals surface area contributed by atoms with Crippen LogP contribution in [-0.4, -0.2) is 16.1 Å². The average Bonchev–Trinajstić information content (AvgIpc) is 2.66. The van der Waals surface area contributed by atoms with E-state index in [0.29, 0.717) is 0 Å². The predicted molar refractivity (Wildman–Crippen MR) is 68.4 cm³/mol. The van der Waals surface area contributed by atoms with Crippen LogP contribution in [0, 0.1) is 19.7 Å². The largest absolute Gasteiger partial charge is 0.311 e. The molecule has 4 heteroatoms. The molecule has 0 radical (unpaired) electrons. The number of nitrogens with zero attached hydrogens (tertiary/aromatic N) is 2. The van der Waals surface area contributed by atoms with Crippen molar-refractivity contribution in [2.75, 3.05) is 6.54 Å². The number of aryl methyl sites for hydroxylation is 2. The molecule has 0 unspecified atom stereocenters. The van der Waals surface area contributed by atoms with Gasteiger partial charge < -0.3 is 9.88 Å². The fourth-order valence-corrected chi connectivity index (χ4v) is 2.63. The molecule has 0 spiro atoms. The monoisotopic (exact) mass is 245 g/mol. The molecule has 0 atom stereocenters. The van der Waals surface area contributed by atoms with E-state index in [1.165, 1.54) is 11.8 Å². The number of nitrogens with one attached hydrogen (secondary N) is 1. The lowest BCUT2D eigenvalue weighted by molar-refractivity contribution is 0.617. The van der Waals surface area contributed by atoms with Crippen LogP contribution in [0.5, 0.6) is 0 Å². The number of hydrogen-bond donors (Lipinski definition) is 1.